The summed E-state index contributed by atoms with van der Waals surface area (Å²) in [6.07, 6.45) is 12.1. The third-order valence-corrected chi connectivity index (χ3v) is 3.84. The van der Waals surface area contributed by atoms with Gasteiger partial charge in [0.05, 0.1) is 0 Å². The molecule has 0 aromatic rings. The topological polar surface area (TPSA) is 46.2 Å². The first kappa shape index (κ1) is 17.3. The summed E-state index contributed by atoms with van der Waals surface area (Å²) in [5.74, 6) is 3.05. The molecule has 0 saturated heterocycles. The Hall–Kier alpha value is -0.680. The van der Waals surface area contributed by atoms with Gasteiger partial charge in [-0.05, 0) is 19.3 Å². The van der Waals surface area contributed by atoms with E-state index >= 15 is 0 Å². The molecule has 0 aliphatic heterocycles. The zero-order valence-corrected chi connectivity index (χ0v) is 12.5. The Bertz CT molecular complexity index is 244. The van der Waals surface area contributed by atoms with Crippen LogP contribution in [0, 0.1) is 17.4 Å². The van der Waals surface area contributed by atoms with Crippen molar-refractivity contribution in [1.82, 2.24) is 0 Å². The van der Waals surface area contributed by atoms with Crippen LogP contribution in [0.1, 0.15) is 78.6 Å². The van der Waals surface area contributed by atoms with Crippen LogP contribution in [0.2, 0.25) is 0 Å². The quantitative estimate of drug-likeness (QED) is 0.573. The average molecular weight is 253 g/mol. The molecule has 0 amide bonds. The van der Waals surface area contributed by atoms with Gasteiger partial charge in [-0.2, -0.15) is 0 Å². The summed E-state index contributed by atoms with van der Waals surface area (Å²) in [5.41, 5.74) is 6.22. The van der Waals surface area contributed by atoms with Gasteiger partial charge in [0.15, 0.2) is 0 Å². The third-order valence-electron chi connectivity index (χ3n) is 3.84. The van der Waals surface area contributed by atoms with Crippen molar-refractivity contribution in [2.45, 2.75) is 84.6 Å². The number of rotatable bonds is 10. The minimum Gasteiger partial charge on any atom is -0.462 e. The van der Waals surface area contributed by atoms with Crippen LogP contribution in [-0.2, 0) is 0 Å². The molecule has 0 spiro atoms. The van der Waals surface area contributed by atoms with Crippen LogP contribution in [0.3, 0.4) is 0 Å². The fourth-order valence-corrected chi connectivity index (χ4v) is 2.51. The van der Waals surface area contributed by atoms with E-state index < -0.39 is 0 Å². The number of unbranched alkanes of at least 4 members (excludes halogenated alkanes) is 3. The molecule has 1 unspecified atom stereocenters. The summed E-state index contributed by atoms with van der Waals surface area (Å²) in [4.78, 5) is 0. The van der Waals surface area contributed by atoms with E-state index in [2.05, 4.69) is 32.8 Å². The first-order valence-electron chi connectivity index (χ1n) is 7.58. The Morgan fingerprint density at radius 2 is 1.50 bits per heavy atom. The number of nitrogens with two attached hydrogens (primary N) is 1. The van der Waals surface area contributed by atoms with Gasteiger partial charge in [0, 0.05) is 11.5 Å². The monoisotopic (exact) mass is 253 g/mol. The molecule has 0 radical (unpaired) electrons. The van der Waals surface area contributed by atoms with E-state index in [0.29, 0.717) is 0 Å². The number of hydrogen-bond donors (Lipinski definition) is 2. The fourth-order valence-electron chi connectivity index (χ4n) is 2.51. The van der Waals surface area contributed by atoms with Crippen molar-refractivity contribution in [2.24, 2.45) is 11.1 Å². The molecule has 3 N–H and O–H groups in total. The van der Waals surface area contributed by atoms with Crippen LogP contribution in [0.15, 0.2) is 0 Å². The van der Waals surface area contributed by atoms with Gasteiger partial charge in [0.25, 0.3) is 0 Å². The molecule has 18 heavy (non-hydrogen) atoms. The predicted molar refractivity (Wildman–Crippen MR) is 78.7 cm³/mol. The van der Waals surface area contributed by atoms with E-state index in [4.69, 9.17) is 10.8 Å². The molecule has 0 bridgehead atoms. The number of hydrogen-bond acceptors (Lipinski definition) is 2. The SMILES string of the molecule is CCCCC(N)C(C#CO)(CCCC)CCCC. The second kappa shape index (κ2) is 10.3. The van der Waals surface area contributed by atoms with Crippen LogP contribution < -0.4 is 5.73 Å². The van der Waals surface area contributed by atoms with E-state index in [1.807, 2.05) is 0 Å². The summed E-state index contributed by atoms with van der Waals surface area (Å²) < 4.78 is 0. The highest BCUT2D eigenvalue weighted by Gasteiger charge is 2.33. The Morgan fingerprint density at radius 1 is 1.00 bits per heavy atom. The van der Waals surface area contributed by atoms with E-state index in [1.54, 1.807) is 0 Å². The van der Waals surface area contributed by atoms with Crippen molar-refractivity contribution in [3.8, 4) is 12.0 Å². The summed E-state index contributed by atoms with van der Waals surface area (Å²) in [6, 6.07) is 0.0928. The molecular formula is C16H31NO. The van der Waals surface area contributed by atoms with Crippen LogP contribution in [0.25, 0.3) is 0 Å². The molecule has 1 atom stereocenters. The maximum Gasteiger partial charge on any atom is 0.108 e. The van der Waals surface area contributed by atoms with Crippen molar-refractivity contribution in [1.29, 1.82) is 0 Å². The molecule has 0 aliphatic carbocycles. The van der Waals surface area contributed by atoms with Crippen molar-refractivity contribution < 1.29 is 5.11 Å². The predicted octanol–water partition coefficient (Wildman–Crippen LogP) is 4.20. The van der Waals surface area contributed by atoms with E-state index in [1.165, 1.54) is 0 Å². The average Bonchev–Trinajstić information content (AvgIpc) is 2.39. The highest BCUT2D eigenvalue weighted by molar-refractivity contribution is 5.12. The molecule has 0 saturated carbocycles. The molecule has 0 fully saturated rings. The lowest BCUT2D eigenvalue weighted by molar-refractivity contribution is 0.242. The maximum absolute atomic E-state index is 9.06. The normalized spacial score (nSPS) is 12.9. The zero-order chi connectivity index (χ0) is 13.9. The lowest BCUT2D eigenvalue weighted by Gasteiger charge is -2.34. The summed E-state index contributed by atoms with van der Waals surface area (Å²) in [5, 5.41) is 9.06. The van der Waals surface area contributed by atoms with E-state index in [0.717, 1.165) is 57.8 Å². The molecule has 0 rings (SSSR count). The number of aliphatic hydroxyl groups excluding tert-OH is 1. The summed E-state index contributed by atoms with van der Waals surface area (Å²) >= 11 is 0. The van der Waals surface area contributed by atoms with Crippen LogP contribution in [-0.4, -0.2) is 11.1 Å². The summed E-state index contributed by atoms with van der Waals surface area (Å²) in [7, 11) is 0. The highest BCUT2D eigenvalue weighted by atomic mass is 16.2. The third kappa shape index (κ3) is 5.78. The van der Waals surface area contributed by atoms with Gasteiger partial charge in [-0.25, -0.2) is 0 Å². The van der Waals surface area contributed by atoms with Crippen molar-refractivity contribution >= 4 is 0 Å². The van der Waals surface area contributed by atoms with Gasteiger partial charge in [0.1, 0.15) is 6.11 Å². The summed E-state index contributed by atoms with van der Waals surface area (Å²) in [6.45, 7) is 6.56. The molecule has 0 aromatic carbocycles. The van der Waals surface area contributed by atoms with Crippen molar-refractivity contribution in [3.63, 3.8) is 0 Å². The van der Waals surface area contributed by atoms with Crippen LogP contribution >= 0.6 is 0 Å². The highest BCUT2D eigenvalue weighted by Crippen LogP contribution is 2.35. The van der Waals surface area contributed by atoms with Gasteiger partial charge < -0.3 is 10.8 Å². The van der Waals surface area contributed by atoms with E-state index in [-0.39, 0.29) is 11.5 Å². The van der Waals surface area contributed by atoms with Gasteiger partial charge >= 0.3 is 0 Å². The Balaban J connectivity index is 4.82. The lowest BCUT2D eigenvalue weighted by Crippen LogP contribution is -2.41. The molecule has 0 aromatic heterocycles. The molecule has 106 valence electrons. The molecule has 2 heteroatoms. The van der Waals surface area contributed by atoms with Gasteiger partial charge in [-0.1, -0.05) is 65.2 Å². The fraction of sp³-hybridized carbons (Fsp3) is 0.875. The number of aliphatic hydroxyl groups is 1. The van der Waals surface area contributed by atoms with Crippen molar-refractivity contribution in [2.75, 3.05) is 0 Å². The first-order chi connectivity index (χ1) is 8.66. The van der Waals surface area contributed by atoms with Crippen LogP contribution in [0.5, 0.6) is 0 Å². The largest absolute Gasteiger partial charge is 0.462 e. The standard InChI is InChI=1S/C16H31NO/c1-4-7-10-15(17)16(13-14-18,11-8-5-2)12-9-6-3/h15,18H,4-12,17H2,1-3H3. The Morgan fingerprint density at radius 3 is 1.89 bits per heavy atom. The van der Waals surface area contributed by atoms with E-state index in [9.17, 15) is 0 Å². The first-order valence-corrected chi connectivity index (χ1v) is 7.58. The molecular weight excluding hydrogens is 222 g/mol. The molecule has 0 heterocycles. The smallest absolute Gasteiger partial charge is 0.108 e. The second-order valence-electron chi connectivity index (χ2n) is 5.35. The maximum atomic E-state index is 9.06. The van der Waals surface area contributed by atoms with Crippen LogP contribution in [0.4, 0.5) is 0 Å². The van der Waals surface area contributed by atoms with Gasteiger partial charge in [-0.15, -0.1) is 0 Å². The second-order valence-corrected chi connectivity index (χ2v) is 5.35. The van der Waals surface area contributed by atoms with Gasteiger partial charge in [0.2, 0.25) is 0 Å². The van der Waals surface area contributed by atoms with Gasteiger partial charge in [-0.3, -0.25) is 0 Å². The minimum absolute atomic E-state index is 0.0928. The minimum atomic E-state index is -0.171. The van der Waals surface area contributed by atoms with Crippen molar-refractivity contribution in [3.05, 3.63) is 0 Å². The lowest BCUT2D eigenvalue weighted by atomic mass is 9.72. The zero-order valence-electron chi connectivity index (χ0n) is 12.5. The molecule has 2 nitrogen and oxygen atoms in total. The Labute approximate surface area is 113 Å². The molecule has 0 aliphatic rings. The Kier molecular flexibility index (Phi) is 9.87.